The molecule has 36 heavy (non-hydrogen) atoms. The highest BCUT2D eigenvalue weighted by atomic mass is 79.9. The number of rotatable bonds is 8. The molecule has 0 radical (unpaired) electrons. The van der Waals surface area contributed by atoms with Gasteiger partial charge in [0.1, 0.15) is 0 Å². The first-order valence-corrected chi connectivity index (χ1v) is 13.4. The van der Waals surface area contributed by atoms with Crippen LogP contribution in [0.4, 0.5) is 17.1 Å². The molecule has 0 amide bonds. The fourth-order valence-corrected chi connectivity index (χ4v) is 5.29. The van der Waals surface area contributed by atoms with Gasteiger partial charge in [0.25, 0.3) is 0 Å². The number of halogens is 1. The van der Waals surface area contributed by atoms with E-state index in [2.05, 4.69) is 155 Å². The Hall–Kier alpha value is -3.62. The Morgan fingerprint density at radius 3 is 1.69 bits per heavy atom. The molecule has 0 fully saturated rings. The molecule has 0 unspecified atom stereocenters. The van der Waals surface area contributed by atoms with Gasteiger partial charge in [-0.3, -0.25) is 0 Å². The Bertz CT molecular complexity index is 1350. The molecule has 0 saturated carbocycles. The van der Waals surface area contributed by atoms with Crippen LogP contribution in [0.1, 0.15) is 25.3 Å². The van der Waals surface area contributed by atoms with Crippen LogP contribution in [0.25, 0.3) is 22.3 Å². The molecule has 5 aromatic rings. The van der Waals surface area contributed by atoms with E-state index in [1.54, 1.807) is 0 Å². The third-order valence-corrected chi connectivity index (χ3v) is 6.92. The van der Waals surface area contributed by atoms with Gasteiger partial charge in [-0.15, -0.1) is 0 Å². The van der Waals surface area contributed by atoms with E-state index in [1.807, 2.05) is 0 Å². The molecule has 2 heteroatoms. The summed E-state index contributed by atoms with van der Waals surface area (Å²) in [6.07, 6.45) is 3.42. The highest BCUT2D eigenvalue weighted by Gasteiger charge is 2.22. The van der Waals surface area contributed by atoms with Crippen molar-refractivity contribution in [3.8, 4) is 22.3 Å². The van der Waals surface area contributed by atoms with Gasteiger partial charge in [-0.2, -0.15) is 0 Å². The van der Waals surface area contributed by atoms with E-state index in [1.165, 1.54) is 46.3 Å². The van der Waals surface area contributed by atoms with E-state index >= 15 is 0 Å². The molecule has 0 atom stereocenters. The largest absolute Gasteiger partial charge is 0.309 e. The number of benzene rings is 5. The van der Waals surface area contributed by atoms with Gasteiger partial charge >= 0.3 is 0 Å². The molecule has 0 heterocycles. The standard InChI is InChI=1S/C34H30BrN/c1-2-3-14-26-23-29(35)25-31(24-26)36(30-19-11-6-12-20-30)34-32(27-15-7-4-8-16-27)21-13-22-33(34)28-17-9-5-10-18-28/h4-13,15-25H,2-3,14H2,1H3. The van der Waals surface area contributed by atoms with E-state index in [9.17, 15) is 0 Å². The number of unbranched alkanes of at least 4 members (excludes halogenated alkanes) is 1. The van der Waals surface area contributed by atoms with Crippen LogP contribution in [-0.4, -0.2) is 0 Å². The highest BCUT2D eigenvalue weighted by molar-refractivity contribution is 9.10. The molecular weight excluding hydrogens is 502 g/mol. The van der Waals surface area contributed by atoms with Crippen molar-refractivity contribution in [3.05, 3.63) is 137 Å². The molecule has 178 valence electrons. The number of anilines is 3. The molecule has 0 spiro atoms. The van der Waals surface area contributed by atoms with Crippen LogP contribution >= 0.6 is 15.9 Å². The van der Waals surface area contributed by atoms with Crippen LogP contribution in [0.2, 0.25) is 0 Å². The predicted molar refractivity (Wildman–Crippen MR) is 158 cm³/mol. The van der Waals surface area contributed by atoms with Crippen molar-refractivity contribution in [2.75, 3.05) is 4.90 Å². The third kappa shape index (κ3) is 5.29. The number of hydrogen-bond acceptors (Lipinski definition) is 1. The zero-order valence-corrected chi connectivity index (χ0v) is 22.2. The maximum atomic E-state index is 3.82. The van der Waals surface area contributed by atoms with Crippen LogP contribution in [-0.2, 0) is 6.42 Å². The maximum Gasteiger partial charge on any atom is 0.0618 e. The molecular formula is C34H30BrN. The second-order valence-electron chi connectivity index (χ2n) is 9.03. The average Bonchev–Trinajstić information content (AvgIpc) is 2.93. The molecule has 0 N–H and O–H groups in total. The summed E-state index contributed by atoms with van der Waals surface area (Å²) in [7, 11) is 0. The van der Waals surface area contributed by atoms with Crippen LogP contribution in [0.3, 0.4) is 0 Å². The lowest BCUT2D eigenvalue weighted by Crippen LogP contribution is -2.13. The van der Waals surface area contributed by atoms with Crippen molar-refractivity contribution in [2.45, 2.75) is 26.2 Å². The molecule has 1 nitrogen and oxygen atoms in total. The number of aryl methyl sites for hydroxylation is 1. The second-order valence-corrected chi connectivity index (χ2v) is 9.94. The zero-order valence-electron chi connectivity index (χ0n) is 20.6. The average molecular weight is 533 g/mol. The predicted octanol–water partition coefficient (Wildman–Crippen LogP) is 10.6. The van der Waals surface area contributed by atoms with E-state index in [0.29, 0.717) is 0 Å². The smallest absolute Gasteiger partial charge is 0.0618 e. The van der Waals surface area contributed by atoms with Crippen LogP contribution in [0, 0.1) is 0 Å². The van der Waals surface area contributed by atoms with Crippen molar-refractivity contribution in [1.82, 2.24) is 0 Å². The fraction of sp³-hybridized carbons (Fsp3) is 0.118. The van der Waals surface area contributed by atoms with Gasteiger partial charge in [0, 0.05) is 27.0 Å². The van der Waals surface area contributed by atoms with E-state index in [4.69, 9.17) is 0 Å². The van der Waals surface area contributed by atoms with Gasteiger partial charge in [-0.1, -0.05) is 126 Å². The Labute approximate surface area is 223 Å². The maximum absolute atomic E-state index is 3.82. The van der Waals surface area contributed by atoms with Crippen molar-refractivity contribution in [2.24, 2.45) is 0 Å². The lowest BCUT2D eigenvalue weighted by atomic mass is 9.94. The molecule has 0 bridgehead atoms. The van der Waals surface area contributed by atoms with Crippen molar-refractivity contribution < 1.29 is 0 Å². The molecule has 5 rings (SSSR count). The summed E-state index contributed by atoms with van der Waals surface area (Å²) in [6, 6.07) is 45.6. The molecule has 0 saturated heterocycles. The Balaban J connectivity index is 1.82. The van der Waals surface area contributed by atoms with Gasteiger partial charge < -0.3 is 4.90 Å². The molecule has 5 aromatic carbocycles. The topological polar surface area (TPSA) is 3.24 Å². The molecule has 0 aromatic heterocycles. The lowest BCUT2D eigenvalue weighted by molar-refractivity contribution is 0.795. The minimum absolute atomic E-state index is 1.07. The minimum Gasteiger partial charge on any atom is -0.309 e. The summed E-state index contributed by atoms with van der Waals surface area (Å²) in [4.78, 5) is 2.42. The number of hydrogen-bond donors (Lipinski definition) is 0. The molecule has 0 aliphatic carbocycles. The van der Waals surface area contributed by atoms with E-state index in [0.717, 1.165) is 22.3 Å². The van der Waals surface area contributed by atoms with E-state index < -0.39 is 0 Å². The monoisotopic (exact) mass is 531 g/mol. The SMILES string of the molecule is CCCCc1cc(Br)cc(N(c2ccccc2)c2c(-c3ccccc3)cccc2-c2ccccc2)c1. The number of para-hydroxylation sites is 2. The number of nitrogens with zero attached hydrogens (tertiary/aromatic N) is 1. The Morgan fingerprint density at radius 1 is 0.583 bits per heavy atom. The summed E-state index contributed by atoms with van der Waals surface area (Å²) in [5.41, 5.74) is 9.63. The first kappa shape index (κ1) is 24.1. The minimum atomic E-state index is 1.07. The third-order valence-electron chi connectivity index (χ3n) is 6.46. The van der Waals surface area contributed by atoms with Crippen molar-refractivity contribution in [1.29, 1.82) is 0 Å². The van der Waals surface area contributed by atoms with Crippen LogP contribution < -0.4 is 4.90 Å². The van der Waals surface area contributed by atoms with Crippen LogP contribution in [0.5, 0.6) is 0 Å². The van der Waals surface area contributed by atoms with Crippen molar-refractivity contribution >= 4 is 33.0 Å². The van der Waals surface area contributed by atoms with Crippen LogP contribution in [0.15, 0.2) is 132 Å². The van der Waals surface area contributed by atoms with Gasteiger partial charge in [0.15, 0.2) is 0 Å². The highest BCUT2D eigenvalue weighted by Crippen LogP contribution is 2.47. The van der Waals surface area contributed by atoms with Gasteiger partial charge in [-0.25, -0.2) is 0 Å². The zero-order chi connectivity index (χ0) is 24.7. The summed E-state index contributed by atoms with van der Waals surface area (Å²) in [6.45, 7) is 2.25. The molecule has 0 aliphatic heterocycles. The Morgan fingerprint density at radius 2 is 1.14 bits per heavy atom. The first-order valence-electron chi connectivity index (χ1n) is 12.6. The summed E-state index contributed by atoms with van der Waals surface area (Å²) >= 11 is 3.82. The van der Waals surface area contributed by atoms with Crippen molar-refractivity contribution in [3.63, 3.8) is 0 Å². The summed E-state index contributed by atoms with van der Waals surface area (Å²) in [5.74, 6) is 0. The first-order chi connectivity index (χ1) is 17.7. The van der Waals surface area contributed by atoms with E-state index in [-0.39, 0.29) is 0 Å². The van der Waals surface area contributed by atoms with Gasteiger partial charge in [-0.05, 0) is 59.9 Å². The molecule has 0 aliphatic rings. The fourth-order valence-electron chi connectivity index (χ4n) is 4.76. The van der Waals surface area contributed by atoms with Gasteiger partial charge in [0.05, 0.1) is 5.69 Å². The summed E-state index contributed by atoms with van der Waals surface area (Å²) in [5, 5.41) is 0. The summed E-state index contributed by atoms with van der Waals surface area (Å²) < 4.78 is 1.10. The lowest BCUT2D eigenvalue weighted by Gasteiger charge is -2.31. The normalized spacial score (nSPS) is 10.8. The Kier molecular flexibility index (Phi) is 7.64. The second kappa shape index (κ2) is 11.4. The van der Waals surface area contributed by atoms with Gasteiger partial charge in [0.2, 0.25) is 0 Å². The quantitative estimate of drug-likeness (QED) is 0.192.